The molecule has 0 aromatic heterocycles. The van der Waals surface area contributed by atoms with E-state index in [2.05, 4.69) is 21.2 Å². The van der Waals surface area contributed by atoms with E-state index in [9.17, 15) is 14.4 Å². The molecule has 2 aliphatic rings. The Morgan fingerprint density at radius 3 is 2.38 bits per heavy atom. The molecule has 6 heteroatoms. The van der Waals surface area contributed by atoms with Gasteiger partial charge in [0, 0.05) is 27.9 Å². The van der Waals surface area contributed by atoms with Gasteiger partial charge in [0.1, 0.15) is 11.5 Å². The Morgan fingerprint density at radius 2 is 1.79 bits per heavy atom. The van der Waals surface area contributed by atoms with Crippen LogP contribution in [0, 0.1) is 17.8 Å². The molecule has 1 aliphatic carbocycles. The number of carbonyl (C=O) groups excluding carboxylic acids is 3. The summed E-state index contributed by atoms with van der Waals surface area (Å²) in [6, 6.07) is 7.31. The van der Waals surface area contributed by atoms with E-state index in [1.165, 1.54) is 6.42 Å². The summed E-state index contributed by atoms with van der Waals surface area (Å²) in [7, 11) is 0. The molecule has 1 N–H and O–H groups in total. The lowest BCUT2D eigenvalue weighted by atomic mass is 9.70. The van der Waals surface area contributed by atoms with E-state index in [-0.39, 0.29) is 17.7 Å². The Labute approximate surface area is 181 Å². The van der Waals surface area contributed by atoms with Gasteiger partial charge in [-0.1, -0.05) is 54.2 Å². The van der Waals surface area contributed by atoms with Crippen molar-refractivity contribution in [2.45, 2.75) is 70.9 Å². The number of halogens is 1. The van der Waals surface area contributed by atoms with Gasteiger partial charge in [-0.05, 0) is 45.2 Å². The third-order valence-corrected chi connectivity index (χ3v) is 6.88. The van der Waals surface area contributed by atoms with Gasteiger partial charge in [0.25, 0.3) is 0 Å². The molecule has 0 bridgehead atoms. The van der Waals surface area contributed by atoms with Gasteiger partial charge in [0.2, 0.25) is 5.91 Å². The first-order valence-corrected chi connectivity index (χ1v) is 11.4. The van der Waals surface area contributed by atoms with Gasteiger partial charge in [0.15, 0.2) is 5.78 Å². The van der Waals surface area contributed by atoms with Crippen LogP contribution in [0.1, 0.15) is 69.7 Å². The molecular formula is C23H30BrNO4. The molecule has 0 spiro atoms. The minimum atomic E-state index is -0.948. The second-order valence-electron chi connectivity index (χ2n) is 8.76. The van der Waals surface area contributed by atoms with Crippen molar-refractivity contribution < 1.29 is 19.1 Å². The molecule has 3 atom stereocenters. The molecule has 1 saturated carbocycles. The maximum Gasteiger partial charge on any atom is 0.319 e. The van der Waals surface area contributed by atoms with Gasteiger partial charge >= 0.3 is 5.97 Å². The number of carbonyl (C=O) groups is 3. The highest BCUT2D eigenvalue weighted by atomic mass is 79.9. The Kier molecular flexibility index (Phi) is 6.82. The zero-order chi connectivity index (χ0) is 21.2. The van der Waals surface area contributed by atoms with Crippen molar-refractivity contribution in [1.82, 2.24) is 5.32 Å². The van der Waals surface area contributed by atoms with Crippen LogP contribution in [-0.4, -0.2) is 29.3 Å². The standard InChI is InChI=1S/C23H30BrNO4/c1-4-17(20(26)14-10-12-15(24)13-11-14)19-18(22(28)29-23(19,2)3)21(27)25-16-8-6-5-7-9-16/h10-13,16-19H,4-9H2,1-3H3,(H,25,27)/t17-,18-,19+/m0/s1. The fourth-order valence-corrected chi connectivity index (χ4v) is 5.16. The van der Waals surface area contributed by atoms with E-state index in [1.54, 1.807) is 26.0 Å². The van der Waals surface area contributed by atoms with Crippen molar-refractivity contribution in [2.24, 2.45) is 17.8 Å². The van der Waals surface area contributed by atoms with Gasteiger partial charge < -0.3 is 10.1 Å². The molecule has 1 aliphatic heterocycles. The van der Waals surface area contributed by atoms with Crippen LogP contribution in [0.25, 0.3) is 0 Å². The number of benzene rings is 1. The van der Waals surface area contributed by atoms with Gasteiger partial charge in [-0.2, -0.15) is 0 Å². The maximum absolute atomic E-state index is 13.3. The smallest absolute Gasteiger partial charge is 0.319 e. The van der Waals surface area contributed by atoms with Crippen molar-refractivity contribution in [3.63, 3.8) is 0 Å². The molecule has 3 rings (SSSR count). The number of cyclic esters (lactones) is 1. The molecule has 0 radical (unpaired) electrons. The summed E-state index contributed by atoms with van der Waals surface area (Å²) in [5, 5.41) is 3.07. The van der Waals surface area contributed by atoms with Crippen molar-refractivity contribution >= 4 is 33.6 Å². The Bertz CT molecular complexity index is 768. The molecule has 1 amide bonds. The summed E-state index contributed by atoms with van der Waals surface area (Å²) in [5.74, 6) is -2.78. The lowest BCUT2D eigenvalue weighted by molar-refractivity contribution is -0.150. The fraction of sp³-hybridized carbons (Fsp3) is 0.609. The van der Waals surface area contributed by atoms with Crippen molar-refractivity contribution in [3.8, 4) is 0 Å². The zero-order valence-electron chi connectivity index (χ0n) is 17.4. The molecule has 1 aromatic rings. The number of nitrogens with one attached hydrogen (secondary N) is 1. The quantitative estimate of drug-likeness (QED) is 0.377. The number of rotatable bonds is 6. The van der Waals surface area contributed by atoms with Gasteiger partial charge in [-0.25, -0.2) is 0 Å². The maximum atomic E-state index is 13.3. The molecule has 0 unspecified atom stereocenters. The van der Waals surface area contributed by atoms with Crippen molar-refractivity contribution in [3.05, 3.63) is 34.3 Å². The summed E-state index contributed by atoms with van der Waals surface area (Å²) in [6.07, 6.45) is 5.79. The average molecular weight is 464 g/mol. The molecule has 1 saturated heterocycles. The van der Waals surface area contributed by atoms with Gasteiger partial charge in [-0.15, -0.1) is 0 Å². The summed E-state index contributed by atoms with van der Waals surface area (Å²) < 4.78 is 6.51. The van der Waals surface area contributed by atoms with Crippen LogP contribution in [0.15, 0.2) is 28.7 Å². The number of amides is 1. The topological polar surface area (TPSA) is 72.5 Å². The predicted octanol–water partition coefficient (Wildman–Crippen LogP) is 4.67. The first-order chi connectivity index (χ1) is 13.7. The normalized spacial score (nSPS) is 25.3. The van der Waals surface area contributed by atoms with Crippen LogP contribution >= 0.6 is 15.9 Å². The molecule has 1 heterocycles. The number of esters is 1. The third kappa shape index (κ3) is 4.73. The second-order valence-corrected chi connectivity index (χ2v) is 9.67. The third-order valence-electron chi connectivity index (χ3n) is 6.35. The van der Waals surface area contributed by atoms with Crippen LogP contribution in [-0.2, 0) is 14.3 Å². The SMILES string of the molecule is CC[C@H](C(=O)c1ccc(Br)cc1)[C@@H]1[C@@H](C(=O)NC2CCCCC2)C(=O)OC1(C)C. The van der Waals surface area contributed by atoms with E-state index in [4.69, 9.17) is 4.74 Å². The van der Waals surface area contributed by atoms with Crippen LogP contribution in [0.3, 0.4) is 0 Å². The molecular weight excluding hydrogens is 434 g/mol. The van der Waals surface area contributed by atoms with E-state index < -0.39 is 29.3 Å². The van der Waals surface area contributed by atoms with E-state index >= 15 is 0 Å². The first-order valence-electron chi connectivity index (χ1n) is 10.6. The lowest BCUT2D eigenvalue weighted by Gasteiger charge is -2.33. The summed E-state index contributed by atoms with van der Waals surface area (Å²) in [5.41, 5.74) is -0.293. The monoisotopic (exact) mass is 463 g/mol. The highest BCUT2D eigenvalue weighted by Crippen LogP contribution is 2.44. The minimum absolute atomic E-state index is 0.0492. The number of hydrogen-bond acceptors (Lipinski definition) is 4. The summed E-state index contributed by atoms with van der Waals surface area (Å²) >= 11 is 3.39. The number of hydrogen-bond donors (Lipinski definition) is 1. The minimum Gasteiger partial charge on any atom is -0.459 e. The lowest BCUT2D eigenvalue weighted by Crippen LogP contribution is -2.47. The van der Waals surface area contributed by atoms with Crippen LogP contribution in [0.4, 0.5) is 0 Å². The van der Waals surface area contributed by atoms with E-state index in [1.807, 2.05) is 19.1 Å². The molecule has 1 aromatic carbocycles. The van der Waals surface area contributed by atoms with Crippen molar-refractivity contribution in [1.29, 1.82) is 0 Å². The highest BCUT2D eigenvalue weighted by molar-refractivity contribution is 9.10. The number of ether oxygens (including phenoxy) is 1. The van der Waals surface area contributed by atoms with E-state index in [0.717, 1.165) is 30.2 Å². The Balaban J connectivity index is 1.86. The van der Waals surface area contributed by atoms with Crippen molar-refractivity contribution in [2.75, 3.05) is 0 Å². The summed E-state index contributed by atoms with van der Waals surface area (Å²) in [6.45, 7) is 5.54. The average Bonchev–Trinajstić information content (AvgIpc) is 2.92. The predicted molar refractivity (Wildman–Crippen MR) is 114 cm³/mol. The van der Waals surface area contributed by atoms with Crippen LogP contribution < -0.4 is 5.32 Å². The van der Waals surface area contributed by atoms with Gasteiger partial charge in [-0.3, -0.25) is 14.4 Å². The Morgan fingerprint density at radius 1 is 1.17 bits per heavy atom. The number of ketones is 1. The number of Topliss-reactive ketones (excluding diaryl/α,β-unsaturated/α-hetero) is 1. The first kappa shape index (κ1) is 22.0. The summed E-state index contributed by atoms with van der Waals surface area (Å²) in [4.78, 5) is 39.1. The fourth-order valence-electron chi connectivity index (χ4n) is 4.89. The second kappa shape index (κ2) is 8.99. The zero-order valence-corrected chi connectivity index (χ0v) is 19.0. The highest BCUT2D eigenvalue weighted by Gasteiger charge is 2.57. The largest absolute Gasteiger partial charge is 0.459 e. The van der Waals surface area contributed by atoms with Crippen LogP contribution in [0.2, 0.25) is 0 Å². The Hall–Kier alpha value is -1.69. The van der Waals surface area contributed by atoms with E-state index in [0.29, 0.717) is 12.0 Å². The molecule has 158 valence electrons. The van der Waals surface area contributed by atoms with Gasteiger partial charge in [0.05, 0.1) is 0 Å². The molecule has 29 heavy (non-hydrogen) atoms. The molecule has 2 fully saturated rings. The molecule has 5 nitrogen and oxygen atoms in total. The van der Waals surface area contributed by atoms with Crippen LogP contribution in [0.5, 0.6) is 0 Å².